The summed E-state index contributed by atoms with van der Waals surface area (Å²) in [5.74, 6) is -1.16. The van der Waals surface area contributed by atoms with Crippen LogP contribution >= 0.6 is 0 Å². The molecule has 2 heterocycles. The molecule has 0 saturated carbocycles. The molecule has 17 heavy (non-hydrogen) atoms. The maximum atomic E-state index is 13.8. The van der Waals surface area contributed by atoms with Crippen LogP contribution in [0.3, 0.4) is 0 Å². The van der Waals surface area contributed by atoms with E-state index in [1.165, 1.54) is 12.1 Å². The van der Waals surface area contributed by atoms with Crippen molar-refractivity contribution in [2.75, 3.05) is 19.6 Å². The predicted molar refractivity (Wildman–Crippen MR) is 59.4 cm³/mol. The van der Waals surface area contributed by atoms with Gasteiger partial charge in [0.25, 0.3) is 0 Å². The molecule has 3 atom stereocenters. The van der Waals surface area contributed by atoms with Gasteiger partial charge in [-0.2, -0.15) is 0 Å². The molecular formula is C13H15F2NO. The van der Waals surface area contributed by atoms with Gasteiger partial charge in [0.1, 0.15) is 11.6 Å². The summed E-state index contributed by atoms with van der Waals surface area (Å²) in [4.78, 5) is 2.28. The molecule has 92 valence electrons. The van der Waals surface area contributed by atoms with Crippen molar-refractivity contribution in [3.8, 4) is 0 Å². The minimum Gasteiger partial charge on any atom is -0.385 e. The molecule has 2 fully saturated rings. The first-order valence-corrected chi connectivity index (χ1v) is 6.00. The first-order valence-electron chi connectivity index (χ1n) is 6.00. The van der Waals surface area contributed by atoms with E-state index in [0.29, 0.717) is 6.42 Å². The Balaban J connectivity index is 2.01. The Hall–Kier alpha value is -1.00. The zero-order valence-corrected chi connectivity index (χ0v) is 9.50. The first-order chi connectivity index (χ1) is 8.09. The van der Waals surface area contributed by atoms with Crippen LogP contribution < -0.4 is 0 Å². The largest absolute Gasteiger partial charge is 0.385 e. The van der Waals surface area contributed by atoms with Gasteiger partial charge in [0, 0.05) is 30.6 Å². The summed E-state index contributed by atoms with van der Waals surface area (Å²) in [6.07, 6.45) is 1.41. The highest BCUT2D eigenvalue weighted by atomic mass is 19.1. The summed E-state index contributed by atoms with van der Waals surface area (Å²) in [5, 5.41) is 10.7. The highest BCUT2D eigenvalue weighted by Gasteiger charge is 2.47. The van der Waals surface area contributed by atoms with Crippen LogP contribution in [-0.2, 0) is 5.60 Å². The van der Waals surface area contributed by atoms with Crippen LogP contribution in [0.5, 0.6) is 0 Å². The van der Waals surface area contributed by atoms with Crippen molar-refractivity contribution in [3.05, 3.63) is 35.4 Å². The lowest BCUT2D eigenvalue weighted by Crippen LogP contribution is -2.44. The van der Waals surface area contributed by atoms with E-state index in [4.69, 9.17) is 0 Å². The van der Waals surface area contributed by atoms with Crippen LogP contribution in [0.1, 0.15) is 18.4 Å². The van der Waals surface area contributed by atoms with Gasteiger partial charge >= 0.3 is 0 Å². The molecule has 2 aliphatic rings. The molecule has 0 radical (unpaired) electrons. The Morgan fingerprint density at radius 1 is 1.29 bits per heavy atom. The molecule has 0 spiro atoms. The molecule has 3 unspecified atom stereocenters. The SMILES string of the molecule is OC1(c2ccc(F)cc2F)CCN2CCC1C2. The molecule has 1 aromatic carbocycles. The molecule has 0 amide bonds. The lowest BCUT2D eigenvalue weighted by Gasteiger charge is -2.39. The van der Waals surface area contributed by atoms with Crippen LogP contribution in [-0.4, -0.2) is 29.6 Å². The summed E-state index contributed by atoms with van der Waals surface area (Å²) < 4.78 is 26.7. The van der Waals surface area contributed by atoms with Crippen molar-refractivity contribution in [1.82, 2.24) is 4.90 Å². The standard InChI is InChI=1S/C13H15F2NO/c14-10-1-2-11(12(15)7-10)13(17)4-6-16-5-3-9(13)8-16/h1-2,7,9,17H,3-6,8H2. The van der Waals surface area contributed by atoms with Gasteiger partial charge in [-0.1, -0.05) is 6.07 Å². The average molecular weight is 239 g/mol. The first kappa shape index (κ1) is 11.1. The average Bonchev–Trinajstić information content (AvgIpc) is 2.69. The van der Waals surface area contributed by atoms with Crippen molar-refractivity contribution in [2.45, 2.75) is 18.4 Å². The van der Waals surface area contributed by atoms with Crippen molar-refractivity contribution in [1.29, 1.82) is 0 Å². The summed E-state index contributed by atoms with van der Waals surface area (Å²) in [5.41, 5.74) is -0.865. The quantitative estimate of drug-likeness (QED) is 0.808. The minimum absolute atomic E-state index is 0.0659. The molecule has 3 rings (SSSR count). The van der Waals surface area contributed by atoms with E-state index in [0.717, 1.165) is 32.1 Å². The zero-order chi connectivity index (χ0) is 12.0. The molecule has 0 aliphatic carbocycles. The monoisotopic (exact) mass is 239 g/mol. The summed E-state index contributed by atoms with van der Waals surface area (Å²) in [6.45, 7) is 2.56. The van der Waals surface area contributed by atoms with Crippen LogP contribution in [0.25, 0.3) is 0 Å². The second kappa shape index (κ2) is 3.75. The molecule has 1 N–H and O–H groups in total. The van der Waals surface area contributed by atoms with Gasteiger partial charge in [-0.3, -0.25) is 0 Å². The Morgan fingerprint density at radius 2 is 2.12 bits per heavy atom. The van der Waals surface area contributed by atoms with E-state index in [2.05, 4.69) is 4.90 Å². The number of benzene rings is 1. The van der Waals surface area contributed by atoms with Crippen LogP contribution in [0.15, 0.2) is 18.2 Å². The molecule has 4 heteroatoms. The lowest BCUT2D eigenvalue weighted by atomic mass is 9.77. The summed E-state index contributed by atoms with van der Waals surface area (Å²) in [7, 11) is 0. The van der Waals surface area contributed by atoms with E-state index < -0.39 is 17.2 Å². The number of halogens is 2. The molecule has 0 aromatic heterocycles. The van der Waals surface area contributed by atoms with Gasteiger partial charge in [-0.15, -0.1) is 0 Å². The second-order valence-electron chi connectivity index (χ2n) is 5.08. The number of piperidine rings is 1. The molecule has 1 aromatic rings. The van der Waals surface area contributed by atoms with E-state index in [1.807, 2.05) is 0 Å². The minimum atomic E-state index is -1.12. The summed E-state index contributed by atoms with van der Waals surface area (Å²) in [6, 6.07) is 3.46. The van der Waals surface area contributed by atoms with E-state index in [9.17, 15) is 13.9 Å². The molecule has 2 saturated heterocycles. The van der Waals surface area contributed by atoms with Crippen molar-refractivity contribution in [2.24, 2.45) is 5.92 Å². The Kier molecular flexibility index (Phi) is 2.45. The third-order valence-corrected chi connectivity index (χ3v) is 4.15. The predicted octanol–water partition coefficient (Wildman–Crippen LogP) is 1.88. The molecule has 2 bridgehead atoms. The third-order valence-electron chi connectivity index (χ3n) is 4.15. The Bertz CT molecular complexity index is 451. The van der Waals surface area contributed by atoms with Crippen LogP contribution in [0, 0.1) is 17.6 Å². The molecule has 2 aliphatic heterocycles. The number of aliphatic hydroxyl groups is 1. The maximum absolute atomic E-state index is 13.8. The van der Waals surface area contributed by atoms with Crippen molar-refractivity contribution >= 4 is 0 Å². The fourth-order valence-corrected chi connectivity index (χ4v) is 3.15. The normalized spacial score (nSPS) is 36.2. The van der Waals surface area contributed by atoms with Gasteiger partial charge in [0.15, 0.2) is 0 Å². The fourth-order valence-electron chi connectivity index (χ4n) is 3.15. The molecular weight excluding hydrogens is 224 g/mol. The topological polar surface area (TPSA) is 23.5 Å². The Morgan fingerprint density at radius 3 is 2.88 bits per heavy atom. The van der Waals surface area contributed by atoms with Gasteiger partial charge in [0.05, 0.1) is 5.60 Å². The van der Waals surface area contributed by atoms with Crippen LogP contribution in [0.4, 0.5) is 8.78 Å². The van der Waals surface area contributed by atoms with Crippen molar-refractivity contribution in [3.63, 3.8) is 0 Å². The molecule has 2 nitrogen and oxygen atoms in total. The lowest BCUT2D eigenvalue weighted by molar-refractivity contribution is -0.0528. The second-order valence-corrected chi connectivity index (χ2v) is 5.08. The summed E-state index contributed by atoms with van der Waals surface area (Å²) >= 11 is 0. The number of hydrogen-bond donors (Lipinski definition) is 1. The fraction of sp³-hybridized carbons (Fsp3) is 0.538. The van der Waals surface area contributed by atoms with Crippen LogP contribution in [0.2, 0.25) is 0 Å². The van der Waals surface area contributed by atoms with Crippen molar-refractivity contribution < 1.29 is 13.9 Å². The highest BCUT2D eigenvalue weighted by molar-refractivity contribution is 5.27. The van der Waals surface area contributed by atoms with Gasteiger partial charge < -0.3 is 10.0 Å². The zero-order valence-electron chi connectivity index (χ0n) is 9.50. The van der Waals surface area contributed by atoms with Gasteiger partial charge in [0.2, 0.25) is 0 Å². The number of rotatable bonds is 1. The number of hydrogen-bond acceptors (Lipinski definition) is 2. The smallest absolute Gasteiger partial charge is 0.132 e. The van der Waals surface area contributed by atoms with E-state index in [1.54, 1.807) is 0 Å². The van der Waals surface area contributed by atoms with Gasteiger partial charge in [-0.05, 0) is 25.5 Å². The van der Waals surface area contributed by atoms with E-state index >= 15 is 0 Å². The maximum Gasteiger partial charge on any atom is 0.132 e. The Labute approximate surface area is 98.9 Å². The number of nitrogens with zero attached hydrogens (tertiary/aromatic N) is 1. The van der Waals surface area contributed by atoms with E-state index in [-0.39, 0.29) is 11.5 Å². The highest BCUT2D eigenvalue weighted by Crippen LogP contribution is 2.43. The third kappa shape index (κ3) is 1.67. The number of fused-ring (bicyclic) bond motifs is 2. The van der Waals surface area contributed by atoms with Gasteiger partial charge in [-0.25, -0.2) is 8.78 Å².